The molecule has 1 aromatic heterocycles. The van der Waals surface area contributed by atoms with Gasteiger partial charge < -0.3 is 14.6 Å². The number of aromatic nitrogens is 2. The molecular weight excluding hydrogens is 376 g/mol. The normalized spacial score (nSPS) is 10.6. The molecule has 1 heterocycles. The van der Waals surface area contributed by atoms with Crippen molar-refractivity contribution < 1.29 is 14.6 Å². The predicted octanol–water partition coefficient (Wildman–Crippen LogP) is 5.41. The lowest BCUT2D eigenvalue weighted by Crippen LogP contribution is -1.98. The van der Waals surface area contributed by atoms with Crippen molar-refractivity contribution in [3.05, 3.63) is 90.4 Å². The van der Waals surface area contributed by atoms with Crippen LogP contribution in [0.1, 0.15) is 11.1 Å². The van der Waals surface area contributed by atoms with E-state index in [1.54, 1.807) is 19.4 Å². The SMILES string of the molecule is COc1ccccc1-c1cncnc1-c1ccc(OCc2ccccc2C)cc1O. The first-order valence-corrected chi connectivity index (χ1v) is 9.61. The van der Waals surface area contributed by atoms with Gasteiger partial charge in [0.05, 0.1) is 12.8 Å². The first-order valence-electron chi connectivity index (χ1n) is 9.61. The number of para-hydroxylation sites is 1. The number of nitrogens with zero attached hydrogens (tertiary/aromatic N) is 2. The molecule has 0 aliphatic rings. The zero-order valence-corrected chi connectivity index (χ0v) is 16.9. The van der Waals surface area contributed by atoms with E-state index >= 15 is 0 Å². The summed E-state index contributed by atoms with van der Waals surface area (Å²) in [6.07, 6.45) is 3.19. The van der Waals surface area contributed by atoms with Crippen LogP contribution >= 0.6 is 0 Å². The maximum atomic E-state index is 10.7. The third kappa shape index (κ3) is 3.96. The highest BCUT2D eigenvalue weighted by Crippen LogP contribution is 2.39. The Morgan fingerprint density at radius 3 is 2.50 bits per heavy atom. The Hall–Kier alpha value is -3.86. The number of phenolic OH excluding ortho intramolecular Hbond substituents is 1. The van der Waals surface area contributed by atoms with E-state index in [0.29, 0.717) is 29.4 Å². The summed E-state index contributed by atoms with van der Waals surface area (Å²) in [6, 6.07) is 21.0. The van der Waals surface area contributed by atoms with Crippen LogP contribution in [-0.4, -0.2) is 22.2 Å². The summed E-state index contributed by atoms with van der Waals surface area (Å²) in [4.78, 5) is 8.60. The summed E-state index contributed by atoms with van der Waals surface area (Å²) in [7, 11) is 1.63. The van der Waals surface area contributed by atoms with Crippen molar-refractivity contribution in [1.82, 2.24) is 9.97 Å². The van der Waals surface area contributed by atoms with Crippen molar-refractivity contribution in [2.24, 2.45) is 0 Å². The summed E-state index contributed by atoms with van der Waals surface area (Å²) in [5.41, 5.74) is 5.13. The summed E-state index contributed by atoms with van der Waals surface area (Å²) in [5, 5.41) is 10.7. The van der Waals surface area contributed by atoms with Crippen LogP contribution in [0.25, 0.3) is 22.4 Å². The summed E-state index contributed by atoms with van der Waals surface area (Å²) in [6.45, 7) is 2.49. The lowest BCUT2D eigenvalue weighted by atomic mass is 9.99. The summed E-state index contributed by atoms with van der Waals surface area (Å²) >= 11 is 0. The van der Waals surface area contributed by atoms with Crippen LogP contribution in [0.4, 0.5) is 0 Å². The van der Waals surface area contributed by atoms with Crippen LogP contribution in [0.2, 0.25) is 0 Å². The minimum absolute atomic E-state index is 0.0899. The summed E-state index contributed by atoms with van der Waals surface area (Å²) < 4.78 is 11.4. The molecule has 5 nitrogen and oxygen atoms in total. The van der Waals surface area contributed by atoms with Gasteiger partial charge in [-0.25, -0.2) is 9.97 Å². The zero-order chi connectivity index (χ0) is 20.9. The van der Waals surface area contributed by atoms with Crippen molar-refractivity contribution in [2.45, 2.75) is 13.5 Å². The standard InChI is InChI=1S/C25H22N2O3/c1-17-7-3-4-8-18(17)15-30-19-11-12-21(23(28)13-19)25-22(14-26-16-27-25)20-9-5-6-10-24(20)29-2/h3-14,16,28H,15H2,1-2H3. The first kappa shape index (κ1) is 19.5. The molecule has 0 saturated heterocycles. The number of aromatic hydroxyl groups is 1. The van der Waals surface area contributed by atoms with Gasteiger partial charge in [-0.15, -0.1) is 0 Å². The van der Waals surface area contributed by atoms with Gasteiger partial charge in [-0.3, -0.25) is 0 Å². The molecule has 0 fully saturated rings. The number of aryl methyl sites for hydroxylation is 1. The van der Waals surface area contributed by atoms with Crippen molar-refractivity contribution >= 4 is 0 Å². The molecule has 0 atom stereocenters. The van der Waals surface area contributed by atoms with Gasteiger partial charge in [-0.05, 0) is 36.2 Å². The highest BCUT2D eigenvalue weighted by atomic mass is 16.5. The van der Waals surface area contributed by atoms with Gasteiger partial charge in [0.2, 0.25) is 0 Å². The average Bonchev–Trinajstić information content (AvgIpc) is 2.79. The molecule has 0 aliphatic carbocycles. The van der Waals surface area contributed by atoms with Crippen molar-refractivity contribution in [2.75, 3.05) is 7.11 Å². The van der Waals surface area contributed by atoms with Crippen LogP contribution in [0, 0.1) is 6.92 Å². The Morgan fingerprint density at radius 1 is 0.900 bits per heavy atom. The Morgan fingerprint density at radius 2 is 1.70 bits per heavy atom. The molecule has 4 aromatic rings. The van der Waals surface area contributed by atoms with Gasteiger partial charge in [0, 0.05) is 29.0 Å². The topological polar surface area (TPSA) is 64.5 Å². The fourth-order valence-electron chi connectivity index (χ4n) is 3.34. The van der Waals surface area contributed by atoms with Gasteiger partial charge in [0.1, 0.15) is 30.2 Å². The number of methoxy groups -OCH3 is 1. The van der Waals surface area contributed by atoms with Crippen LogP contribution in [-0.2, 0) is 6.61 Å². The minimum atomic E-state index is 0.0899. The number of hydrogen-bond acceptors (Lipinski definition) is 5. The van der Waals surface area contributed by atoms with Gasteiger partial charge in [0.25, 0.3) is 0 Å². The first-order chi connectivity index (χ1) is 14.7. The van der Waals surface area contributed by atoms with E-state index in [2.05, 4.69) is 9.97 Å². The highest BCUT2D eigenvalue weighted by molar-refractivity contribution is 5.85. The molecule has 0 unspecified atom stereocenters. The van der Waals surface area contributed by atoms with E-state index in [4.69, 9.17) is 9.47 Å². The number of rotatable bonds is 6. The minimum Gasteiger partial charge on any atom is -0.507 e. The molecule has 0 saturated carbocycles. The molecule has 0 bridgehead atoms. The predicted molar refractivity (Wildman–Crippen MR) is 117 cm³/mol. The largest absolute Gasteiger partial charge is 0.507 e. The van der Waals surface area contributed by atoms with Crippen LogP contribution in [0.5, 0.6) is 17.2 Å². The van der Waals surface area contributed by atoms with Gasteiger partial charge in [-0.2, -0.15) is 0 Å². The molecule has 1 N–H and O–H groups in total. The van der Waals surface area contributed by atoms with E-state index in [-0.39, 0.29) is 5.75 Å². The highest BCUT2D eigenvalue weighted by Gasteiger charge is 2.16. The number of benzene rings is 3. The smallest absolute Gasteiger partial charge is 0.128 e. The number of hydrogen-bond donors (Lipinski definition) is 1. The van der Waals surface area contributed by atoms with Crippen molar-refractivity contribution in [3.63, 3.8) is 0 Å². The maximum absolute atomic E-state index is 10.7. The van der Waals surface area contributed by atoms with E-state index in [0.717, 1.165) is 16.7 Å². The molecular formula is C25H22N2O3. The fraction of sp³-hybridized carbons (Fsp3) is 0.120. The average molecular weight is 398 g/mol. The molecule has 150 valence electrons. The Kier molecular flexibility index (Phi) is 5.61. The molecule has 3 aromatic carbocycles. The quantitative estimate of drug-likeness (QED) is 0.470. The van der Waals surface area contributed by atoms with E-state index in [1.165, 1.54) is 11.9 Å². The van der Waals surface area contributed by atoms with Crippen LogP contribution in [0.15, 0.2) is 79.3 Å². The lowest BCUT2D eigenvalue weighted by Gasteiger charge is -2.14. The molecule has 4 rings (SSSR count). The molecule has 0 aliphatic heterocycles. The second-order valence-corrected chi connectivity index (χ2v) is 6.88. The monoisotopic (exact) mass is 398 g/mol. The van der Waals surface area contributed by atoms with Gasteiger partial charge >= 0.3 is 0 Å². The Labute approximate surface area is 175 Å². The molecule has 0 amide bonds. The fourth-order valence-corrected chi connectivity index (χ4v) is 3.34. The van der Waals surface area contributed by atoms with E-state index in [1.807, 2.05) is 67.6 Å². The number of phenols is 1. The Balaban J connectivity index is 1.65. The van der Waals surface area contributed by atoms with Crippen LogP contribution < -0.4 is 9.47 Å². The third-order valence-electron chi connectivity index (χ3n) is 4.99. The summed E-state index contributed by atoms with van der Waals surface area (Å²) in [5.74, 6) is 1.39. The molecule has 0 spiro atoms. The molecule has 5 heteroatoms. The van der Waals surface area contributed by atoms with Crippen molar-refractivity contribution in [3.8, 4) is 39.6 Å². The van der Waals surface area contributed by atoms with Gasteiger partial charge in [-0.1, -0.05) is 42.5 Å². The second kappa shape index (κ2) is 8.66. The molecule has 30 heavy (non-hydrogen) atoms. The van der Waals surface area contributed by atoms with Gasteiger partial charge in [0.15, 0.2) is 0 Å². The second-order valence-electron chi connectivity index (χ2n) is 6.88. The number of ether oxygens (including phenoxy) is 2. The maximum Gasteiger partial charge on any atom is 0.128 e. The van der Waals surface area contributed by atoms with E-state index < -0.39 is 0 Å². The van der Waals surface area contributed by atoms with Crippen LogP contribution in [0.3, 0.4) is 0 Å². The Bertz CT molecular complexity index is 1170. The lowest BCUT2D eigenvalue weighted by molar-refractivity contribution is 0.303. The van der Waals surface area contributed by atoms with E-state index in [9.17, 15) is 5.11 Å². The molecule has 0 radical (unpaired) electrons. The third-order valence-corrected chi connectivity index (χ3v) is 4.99. The zero-order valence-electron chi connectivity index (χ0n) is 16.9. The van der Waals surface area contributed by atoms with Crippen molar-refractivity contribution in [1.29, 1.82) is 0 Å².